The molecule has 5 nitrogen and oxygen atoms in total. The first-order valence-corrected chi connectivity index (χ1v) is 12.3. The molecule has 0 spiro atoms. The maximum Gasteiger partial charge on any atom is 0.240 e. The Labute approximate surface area is 210 Å². The van der Waals surface area contributed by atoms with Crippen LogP contribution in [0.2, 0.25) is 0 Å². The number of hydrogen-bond acceptors (Lipinski definition) is 5. The lowest BCUT2D eigenvalue weighted by Crippen LogP contribution is -2.49. The summed E-state index contributed by atoms with van der Waals surface area (Å²) in [6, 6.07) is 20.6. The Morgan fingerprint density at radius 2 is 1.78 bits per heavy atom. The van der Waals surface area contributed by atoms with E-state index in [1.165, 1.54) is 12.1 Å². The number of aromatic nitrogens is 2. The van der Waals surface area contributed by atoms with Crippen LogP contribution in [-0.2, 0) is 18.4 Å². The predicted molar refractivity (Wildman–Crippen MR) is 140 cm³/mol. The molecule has 3 aromatic carbocycles. The number of phenols is 1. The molecule has 1 unspecified atom stereocenters. The monoisotopic (exact) mass is 483 g/mol. The molecule has 5 rings (SSSR count). The highest BCUT2D eigenvalue weighted by atomic mass is 19.1. The molecule has 4 aromatic rings. The van der Waals surface area contributed by atoms with Gasteiger partial charge in [-0.15, -0.1) is 10.2 Å². The Bertz CT molecular complexity index is 1380. The first-order chi connectivity index (χ1) is 17.3. The van der Waals surface area contributed by atoms with Gasteiger partial charge in [-0.25, -0.2) is 4.39 Å². The Morgan fingerprint density at radius 1 is 1.03 bits per heavy atom. The highest BCUT2D eigenvalue weighted by molar-refractivity contribution is 5.67. The lowest BCUT2D eigenvalue weighted by molar-refractivity contribution is 0.452. The van der Waals surface area contributed by atoms with Gasteiger partial charge in [0.15, 0.2) is 0 Å². The fraction of sp³-hybridized carbons (Fsp3) is 0.267. The van der Waals surface area contributed by atoms with E-state index in [0.29, 0.717) is 17.7 Å². The van der Waals surface area contributed by atoms with Gasteiger partial charge in [0.05, 0.1) is 5.54 Å². The van der Waals surface area contributed by atoms with Gasteiger partial charge in [-0.3, -0.25) is 0 Å². The van der Waals surface area contributed by atoms with E-state index in [2.05, 4.69) is 60.1 Å². The molecular weight excluding hydrogens is 453 g/mol. The molecule has 0 radical (unpaired) electrons. The zero-order valence-electron chi connectivity index (χ0n) is 20.8. The summed E-state index contributed by atoms with van der Waals surface area (Å²) in [6.07, 6.45) is 5.35. The summed E-state index contributed by atoms with van der Waals surface area (Å²) in [4.78, 5) is 2.31. The molecular formula is C30H30FN3O2. The smallest absolute Gasteiger partial charge is 0.240 e. The molecule has 1 aliphatic rings. The van der Waals surface area contributed by atoms with Crippen molar-refractivity contribution in [2.45, 2.75) is 39.2 Å². The summed E-state index contributed by atoms with van der Waals surface area (Å²) >= 11 is 0. The van der Waals surface area contributed by atoms with Crippen molar-refractivity contribution in [1.82, 2.24) is 10.2 Å². The summed E-state index contributed by atoms with van der Waals surface area (Å²) in [7, 11) is 0. The van der Waals surface area contributed by atoms with Crippen molar-refractivity contribution in [2.75, 3.05) is 11.4 Å². The number of halogens is 1. The SMILES string of the molecule is CC(C)Cc1nnc(/C=C/c2ccc(C3(C)c4ccc(O)cc4CCN3c3ccc(F)cc3)cc2)o1. The van der Waals surface area contributed by atoms with Gasteiger partial charge in [-0.05, 0) is 84.0 Å². The summed E-state index contributed by atoms with van der Waals surface area (Å²) in [5.41, 5.74) is 4.82. The maximum atomic E-state index is 13.7. The van der Waals surface area contributed by atoms with Crippen LogP contribution >= 0.6 is 0 Å². The third-order valence-electron chi connectivity index (χ3n) is 6.85. The minimum Gasteiger partial charge on any atom is -0.508 e. The fourth-order valence-corrected chi connectivity index (χ4v) is 5.03. The largest absolute Gasteiger partial charge is 0.508 e. The van der Waals surface area contributed by atoms with Crippen LogP contribution in [-0.4, -0.2) is 21.8 Å². The molecule has 6 heteroatoms. The minimum atomic E-state index is -0.500. The predicted octanol–water partition coefficient (Wildman–Crippen LogP) is 6.61. The number of fused-ring (bicyclic) bond motifs is 1. The van der Waals surface area contributed by atoms with Crippen molar-refractivity contribution >= 4 is 17.8 Å². The number of aromatic hydroxyl groups is 1. The molecule has 0 saturated heterocycles. The number of nitrogens with zero attached hydrogens (tertiary/aromatic N) is 3. The minimum absolute atomic E-state index is 0.253. The van der Waals surface area contributed by atoms with Crippen molar-refractivity contribution in [2.24, 2.45) is 5.92 Å². The number of hydrogen-bond donors (Lipinski definition) is 1. The van der Waals surface area contributed by atoms with Gasteiger partial charge in [0, 0.05) is 24.7 Å². The average Bonchev–Trinajstić information content (AvgIpc) is 3.30. The van der Waals surface area contributed by atoms with Crippen LogP contribution in [0.3, 0.4) is 0 Å². The number of anilines is 1. The highest BCUT2D eigenvalue weighted by Gasteiger charge is 2.40. The van der Waals surface area contributed by atoms with E-state index in [1.807, 2.05) is 36.4 Å². The van der Waals surface area contributed by atoms with Crippen LogP contribution in [0.5, 0.6) is 5.75 Å². The molecule has 0 fully saturated rings. The van der Waals surface area contributed by atoms with Gasteiger partial charge in [0.25, 0.3) is 0 Å². The van der Waals surface area contributed by atoms with Gasteiger partial charge in [-0.2, -0.15) is 0 Å². The van der Waals surface area contributed by atoms with E-state index < -0.39 is 5.54 Å². The van der Waals surface area contributed by atoms with Crippen molar-refractivity contribution in [3.05, 3.63) is 107 Å². The number of phenolic OH excluding ortho intramolecular Hbond substituents is 1. The molecule has 184 valence electrons. The third-order valence-corrected chi connectivity index (χ3v) is 6.85. The Hall–Kier alpha value is -3.93. The summed E-state index contributed by atoms with van der Waals surface area (Å²) < 4.78 is 19.4. The zero-order valence-corrected chi connectivity index (χ0v) is 20.8. The highest BCUT2D eigenvalue weighted by Crippen LogP contribution is 2.44. The summed E-state index contributed by atoms with van der Waals surface area (Å²) in [6.45, 7) is 7.17. The van der Waals surface area contributed by atoms with Gasteiger partial charge >= 0.3 is 0 Å². The van der Waals surface area contributed by atoms with Crippen molar-refractivity contribution in [1.29, 1.82) is 0 Å². The molecule has 0 aliphatic carbocycles. The Balaban J connectivity index is 1.48. The maximum absolute atomic E-state index is 13.7. The van der Waals surface area contributed by atoms with Crippen LogP contribution in [0.1, 0.15) is 54.8 Å². The van der Waals surface area contributed by atoms with E-state index in [9.17, 15) is 9.50 Å². The standard InChI is InChI=1S/C30H30FN3O2/c1-20(2)18-29-33-32-28(36-29)15-6-21-4-7-23(8-5-21)30(3)27-14-13-26(35)19-22(27)16-17-34(30)25-11-9-24(31)10-12-25/h4-15,19-20,35H,16-18H2,1-3H3/b15-6+. The second-order valence-electron chi connectivity index (χ2n) is 9.88. The molecule has 0 saturated carbocycles. The topological polar surface area (TPSA) is 62.4 Å². The zero-order chi connectivity index (χ0) is 25.3. The quantitative estimate of drug-likeness (QED) is 0.334. The second-order valence-corrected chi connectivity index (χ2v) is 9.88. The van der Waals surface area contributed by atoms with Crippen LogP contribution < -0.4 is 4.90 Å². The molecule has 2 heterocycles. The second kappa shape index (κ2) is 9.61. The molecule has 36 heavy (non-hydrogen) atoms. The van der Waals surface area contributed by atoms with Crippen LogP contribution in [0, 0.1) is 11.7 Å². The Kier molecular flexibility index (Phi) is 6.35. The van der Waals surface area contributed by atoms with Crippen LogP contribution in [0.15, 0.2) is 71.1 Å². The molecule has 0 bridgehead atoms. The molecule has 1 N–H and O–H groups in total. The first kappa shape index (κ1) is 23.8. The molecule has 1 aromatic heterocycles. The summed E-state index contributed by atoms with van der Waals surface area (Å²) in [5, 5.41) is 18.3. The van der Waals surface area contributed by atoms with Gasteiger partial charge in [-0.1, -0.05) is 44.2 Å². The van der Waals surface area contributed by atoms with E-state index in [1.54, 1.807) is 6.07 Å². The fourth-order valence-electron chi connectivity index (χ4n) is 5.03. The van der Waals surface area contributed by atoms with Crippen LogP contribution in [0.4, 0.5) is 10.1 Å². The van der Waals surface area contributed by atoms with E-state index in [0.717, 1.165) is 47.3 Å². The molecule has 1 atom stereocenters. The number of benzene rings is 3. The normalized spacial score (nSPS) is 17.6. The molecule has 0 amide bonds. The average molecular weight is 484 g/mol. The van der Waals surface area contributed by atoms with Gasteiger partial charge in [0.2, 0.25) is 11.8 Å². The van der Waals surface area contributed by atoms with Crippen LogP contribution in [0.25, 0.3) is 12.2 Å². The van der Waals surface area contributed by atoms with E-state index in [4.69, 9.17) is 4.42 Å². The Morgan fingerprint density at radius 3 is 2.50 bits per heavy atom. The lowest BCUT2D eigenvalue weighted by atomic mass is 9.76. The summed E-state index contributed by atoms with van der Waals surface area (Å²) in [5.74, 6) is 1.61. The van der Waals surface area contributed by atoms with E-state index >= 15 is 0 Å². The van der Waals surface area contributed by atoms with Crippen molar-refractivity contribution in [3.8, 4) is 5.75 Å². The first-order valence-electron chi connectivity index (χ1n) is 12.3. The molecule has 1 aliphatic heterocycles. The van der Waals surface area contributed by atoms with E-state index in [-0.39, 0.29) is 11.6 Å². The van der Waals surface area contributed by atoms with Crippen molar-refractivity contribution < 1.29 is 13.9 Å². The van der Waals surface area contributed by atoms with Gasteiger partial charge in [0.1, 0.15) is 11.6 Å². The number of rotatable bonds is 6. The third kappa shape index (κ3) is 4.63. The van der Waals surface area contributed by atoms with Gasteiger partial charge < -0.3 is 14.4 Å². The van der Waals surface area contributed by atoms with Crippen molar-refractivity contribution in [3.63, 3.8) is 0 Å². The lowest BCUT2D eigenvalue weighted by Gasteiger charge is -2.48.